The number of rotatable bonds is 17. The van der Waals surface area contributed by atoms with Gasteiger partial charge in [0.15, 0.2) is 0 Å². The standard InChI is InChI=1S/C39H54N6O8S/c1-9-11-12-13-14-15-29(42-36(49)53-37(4,5)6)34(47)45-23-27(52-33-24(3)40-28-17-16-26(51-8)20-30(28)41-33)21-31(45)32(46)43-39(22-25(39)10-2)35(48)44-54(50)38(7)18-19-38/h9-10,16-17,20,25,27,29,31H,1-2,11-15,18-19,21-23H2,3-8H3,(H,42,49)(H,43,46)(H,44,48)/t25-,27-,29+,31+,39-,54?/m1/s1. The van der Waals surface area contributed by atoms with E-state index in [4.69, 9.17) is 14.2 Å². The number of nitrogens with one attached hydrogen (secondary N) is 3. The Morgan fingerprint density at radius 3 is 2.48 bits per heavy atom. The third kappa shape index (κ3) is 9.57. The smallest absolute Gasteiger partial charge is 0.408 e. The number of ether oxygens (including phenoxy) is 3. The van der Waals surface area contributed by atoms with Crippen molar-refractivity contribution in [1.29, 1.82) is 0 Å². The summed E-state index contributed by atoms with van der Waals surface area (Å²) in [6, 6.07) is 3.24. The molecule has 54 heavy (non-hydrogen) atoms. The summed E-state index contributed by atoms with van der Waals surface area (Å²) in [5.74, 6) is -1.18. The highest BCUT2D eigenvalue weighted by atomic mass is 32.2. The number of hydrogen-bond donors (Lipinski definition) is 3. The summed E-state index contributed by atoms with van der Waals surface area (Å²) < 4.78 is 32.3. The number of hydrogen-bond acceptors (Lipinski definition) is 10. The number of alkyl carbamates (subject to hydrolysis) is 1. The Morgan fingerprint density at radius 1 is 1.11 bits per heavy atom. The van der Waals surface area contributed by atoms with Crippen LogP contribution in [-0.2, 0) is 30.1 Å². The molecule has 1 aromatic carbocycles. The molecule has 2 saturated carbocycles. The fraction of sp³-hybridized carbons (Fsp3) is 0.590. The predicted molar refractivity (Wildman–Crippen MR) is 205 cm³/mol. The minimum absolute atomic E-state index is 0.0103. The SMILES string of the molecule is C=CCCCCC[C@H](NC(=O)OC(C)(C)C)C(=O)N1C[C@H](Oc2nc3cc(OC)ccc3nc2C)C[C@H]1C(=O)N[C@]1(C(=O)NS(=O)C2(C)CC2)C[C@H]1C=C. The van der Waals surface area contributed by atoms with Crippen LogP contribution in [0, 0.1) is 12.8 Å². The first-order valence-electron chi connectivity index (χ1n) is 18.6. The topological polar surface area (TPSA) is 178 Å². The van der Waals surface area contributed by atoms with Crippen molar-refractivity contribution in [2.24, 2.45) is 5.92 Å². The molecule has 5 rings (SSSR count). The Bertz CT molecular complexity index is 1810. The molecular weight excluding hydrogens is 713 g/mol. The molecule has 2 aromatic rings. The number of allylic oxidation sites excluding steroid dienone is 1. The molecule has 2 heterocycles. The van der Waals surface area contributed by atoms with Crippen molar-refractivity contribution >= 4 is 45.8 Å². The van der Waals surface area contributed by atoms with Crippen LogP contribution >= 0.6 is 0 Å². The van der Waals surface area contributed by atoms with Crippen LogP contribution in [0.25, 0.3) is 11.0 Å². The molecule has 2 aliphatic carbocycles. The lowest BCUT2D eigenvalue weighted by Gasteiger charge is -2.30. The minimum atomic E-state index is -1.63. The summed E-state index contributed by atoms with van der Waals surface area (Å²) in [7, 11) is -0.0705. The molecule has 3 N–H and O–H groups in total. The molecule has 1 aliphatic heterocycles. The van der Waals surface area contributed by atoms with Crippen LogP contribution in [0.15, 0.2) is 43.5 Å². The Kier molecular flexibility index (Phi) is 12.4. The van der Waals surface area contributed by atoms with Crippen LogP contribution in [-0.4, -0.2) is 90.6 Å². The molecular formula is C39H54N6O8S. The van der Waals surface area contributed by atoms with E-state index in [9.17, 15) is 23.4 Å². The number of nitrogens with zero attached hydrogens (tertiary/aromatic N) is 3. The molecule has 14 nitrogen and oxygen atoms in total. The first kappa shape index (κ1) is 40.7. The normalized spacial score (nSPS) is 23.7. The monoisotopic (exact) mass is 766 g/mol. The van der Waals surface area contributed by atoms with E-state index in [1.54, 1.807) is 59.1 Å². The van der Waals surface area contributed by atoms with Gasteiger partial charge in [-0.3, -0.25) is 19.1 Å². The van der Waals surface area contributed by atoms with E-state index in [2.05, 4.69) is 38.5 Å². The summed E-state index contributed by atoms with van der Waals surface area (Å²) in [5.41, 5.74) is -0.468. The Labute approximate surface area is 319 Å². The second-order valence-electron chi connectivity index (χ2n) is 15.7. The average Bonchev–Trinajstić information content (AvgIpc) is 4.00. The zero-order chi connectivity index (χ0) is 39.4. The highest BCUT2D eigenvalue weighted by Crippen LogP contribution is 2.46. The van der Waals surface area contributed by atoms with Crippen molar-refractivity contribution < 1.29 is 37.6 Å². The molecule has 15 heteroatoms. The van der Waals surface area contributed by atoms with Crippen molar-refractivity contribution in [3.63, 3.8) is 0 Å². The summed E-state index contributed by atoms with van der Waals surface area (Å²) in [4.78, 5) is 66.2. The van der Waals surface area contributed by atoms with E-state index < -0.39 is 74.8 Å². The lowest BCUT2D eigenvalue weighted by Crippen LogP contribution is -2.58. The number of fused-ring (bicyclic) bond motifs is 1. The number of carbonyl (C=O) groups is 4. The number of aryl methyl sites for hydroxylation is 1. The maximum absolute atomic E-state index is 14.5. The summed E-state index contributed by atoms with van der Waals surface area (Å²) in [5, 5.41) is 5.66. The van der Waals surface area contributed by atoms with Crippen LogP contribution in [0.3, 0.4) is 0 Å². The van der Waals surface area contributed by atoms with Crippen molar-refractivity contribution in [3.8, 4) is 11.6 Å². The molecule has 3 aliphatic rings. The first-order chi connectivity index (χ1) is 25.5. The van der Waals surface area contributed by atoms with Crippen LogP contribution in [0.5, 0.6) is 11.6 Å². The van der Waals surface area contributed by atoms with E-state index in [1.165, 1.54) is 4.90 Å². The van der Waals surface area contributed by atoms with Crippen LogP contribution in [0.1, 0.15) is 91.2 Å². The van der Waals surface area contributed by atoms with Crippen LogP contribution < -0.4 is 24.8 Å². The maximum atomic E-state index is 14.5. The van der Waals surface area contributed by atoms with Gasteiger partial charge in [-0.15, -0.1) is 13.2 Å². The lowest BCUT2D eigenvalue weighted by atomic mass is 10.0. The lowest BCUT2D eigenvalue weighted by molar-refractivity contribution is -0.141. The second-order valence-corrected chi connectivity index (χ2v) is 17.5. The number of amides is 4. The van der Waals surface area contributed by atoms with Crippen molar-refractivity contribution in [2.45, 2.75) is 126 Å². The van der Waals surface area contributed by atoms with Gasteiger partial charge >= 0.3 is 6.09 Å². The maximum Gasteiger partial charge on any atom is 0.408 e. The number of carbonyl (C=O) groups excluding carboxylic acids is 4. The summed E-state index contributed by atoms with van der Waals surface area (Å²) in [6.07, 6.45) is 7.19. The quantitative estimate of drug-likeness (QED) is 0.151. The Hall–Kier alpha value is -4.53. The van der Waals surface area contributed by atoms with Gasteiger partial charge in [0.25, 0.3) is 5.91 Å². The molecule has 1 saturated heterocycles. The van der Waals surface area contributed by atoms with Crippen LogP contribution in [0.2, 0.25) is 0 Å². The molecule has 0 bridgehead atoms. The van der Waals surface area contributed by atoms with Crippen LogP contribution in [0.4, 0.5) is 4.79 Å². The third-order valence-electron chi connectivity index (χ3n) is 10.2. The van der Waals surface area contributed by atoms with E-state index >= 15 is 0 Å². The molecule has 0 spiro atoms. The van der Waals surface area contributed by atoms with Crippen molar-refractivity contribution in [2.75, 3.05) is 13.7 Å². The molecule has 4 amide bonds. The number of unbranched alkanes of at least 4 members (excludes halogenated alkanes) is 3. The first-order valence-corrected chi connectivity index (χ1v) is 19.7. The van der Waals surface area contributed by atoms with Gasteiger partial charge in [0.05, 0.1) is 29.4 Å². The predicted octanol–water partition coefficient (Wildman–Crippen LogP) is 4.72. The van der Waals surface area contributed by atoms with E-state index in [0.717, 1.165) is 32.1 Å². The fourth-order valence-corrected chi connectivity index (χ4v) is 7.67. The van der Waals surface area contributed by atoms with Gasteiger partial charge < -0.3 is 29.7 Å². The number of methoxy groups -OCH3 is 1. The largest absolute Gasteiger partial charge is 0.497 e. The van der Waals surface area contributed by atoms with Gasteiger partial charge in [0, 0.05) is 18.4 Å². The Morgan fingerprint density at radius 2 is 1.85 bits per heavy atom. The average molecular weight is 767 g/mol. The van der Waals surface area contributed by atoms with E-state index in [-0.39, 0.29) is 25.3 Å². The number of aromatic nitrogens is 2. The highest BCUT2D eigenvalue weighted by molar-refractivity contribution is 7.85. The molecule has 1 aromatic heterocycles. The number of likely N-dealkylation sites (tertiary alicyclic amines) is 1. The highest BCUT2D eigenvalue weighted by Gasteiger charge is 2.62. The summed E-state index contributed by atoms with van der Waals surface area (Å²) >= 11 is 0. The van der Waals surface area contributed by atoms with Gasteiger partial charge in [-0.1, -0.05) is 25.0 Å². The number of benzene rings is 1. The van der Waals surface area contributed by atoms with E-state index in [1.807, 2.05) is 13.0 Å². The molecule has 0 radical (unpaired) electrons. The zero-order valence-corrected chi connectivity index (χ0v) is 33.0. The summed E-state index contributed by atoms with van der Waals surface area (Å²) in [6.45, 7) is 16.4. The zero-order valence-electron chi connectivity index (χ0n) is 32.2. The second kappa shape index (κ2) is 16.5. The van der Waals surface area contributed by atoms with Gasteiger partial charge in [-0.2, -0.15) is 0 Å². The Balaban J connectivity index is 1.42. The van der Waals surface area contributed by atoms with Gasteiger partial charge in [-0.25, -0.2) is 19.0 Å². The molecule has 1 unspecified atom stereocenters. The molecule has 3 fully saturated rings. The molecule has 6 atom stereocenters. The van der Waals surface area contributed by atoms with Gasteiger partial charge in [0.2, 0.25) is 17.7 Å². The van der Waals surface area contributed by atoms with Gasteiger partial charge in [-0.05, 0) is 85.3 Å². The minimum Gasteiger partial charge on any atom is -0.497 e. The van der Waals surface area contributed by atoms with E-state index in [0.29, 0.717) is 35.3 Å². The van der Waals surface area contributed by atoms with Crippen molar-refractivity contribution in [3.05, 3.63) is 49.2 Å². The fourth-order valence-electron chi connectivity index (χ4n) is 6.60. The third-order valence-corrected chi connectivity index (χ3v) is 11.8. The van der Waals surface area contributed by atoms with Gasteiger partial charge in [0.1, 0.15) is 51.8 Å². The molecule has 294 valence electrons. The van der Waals surface area contributed by atoms with Crippen molar-refractivity contribution in [1.82, 2.24) is 30.2 Å².